The van der Waals surface area contributed by atoms with E-state index >= 15 is 0 Å². The zero-order valence-corrected chi connectivity index (χ0v) is 14.8. The number of nitrogens with zero attached hydrogens (tertiary/aromatic N) is 3. The molecule has 1 rings (SSSR count). The lowest BCUT2D eigenvalue weighted by molar-refractivity contribution is -0.384. The van der Waals surface area contributed by atoms with Gasteiger partial charge < -0.3 is 4.74 Å². The van der Waals surface area contributed by atoms with Crippen LogP contribution in [0.25, 0.3) is 0 Å². The van der Waals surface area contributed by atoms with Crippen molar-refractivity contribution in [3.63, 3.8) is 0 Å². The Hall–Kier alpha value is -2.21. The van der Waals surface area contributed by atoms with E-state index in [0.717, 1.165) is 17.1 Å². The van der Waals surface area contributed by atoms with Gasteiger partial charge in [-0.1, -0.05) is 0 Å². The Kier molecular flexibility index (Phi) is 5.89. The van der Waals surface area contributed by atoms with Gasteiger partial charge in [0.15, 0.2) is 0 Å². The zero-order chi connectivity index (χ0) is 18.7. The van der Waals surface area contributed by atoms with Gasteiger partial charge in [-0.05, 0) is 27.7 Å². The van der Waals surface area contributed by atoms with Crippen LogP contribution in [0, 0.1) is 10.1 Å². The van der Waals surface area contributed by atoms with Crippen molar-refractivity contribution in [2.24, 2.45) is 0 Å². The van der Waals surface area contributed by atoms with Gasteiger partial charge >= 0.3 is 11.8 Å². The highest BCUT2D eigenvalue weighted by molar-refractivity contribution is 7.85. The van der Waals surface area contributed by atoms with Gasteiger partial charge in [-0.3, -0.25) is 24.3 Å². The molecule has 0 radical (unpaired) electrons. The third-order valence-electron chi connectivity index (χ3n) is 2.50. The number of ether oxygens (including phenoxy) is 1. The van der Waals surface area contributed by atoms with E-state index in [1.54, 1.807) is 27.7 Å². The summed E-state index contributed by atoms with van der Waals surface area (Å²) in [5.74, 6) is -0.305. The third kappa shape index (κ3) is 6.50. The molecule has 0 aromatic carbocycles. The quantitative estimate of drug-likeness (QED) is 0.456. The number of carbonyl (C=O) groups is 1. The van der Waals surface area contributed by atoms with Crippen molar-refractivity contribution in [2.45, 2.75) is 39.3 Å². The molecule has 24 heavy (non-hydrogen) atoms. The molecule has 1 amide bonds. The molecule has 1 heterocycles. The van der Waals surface area contributed by atoms with Gasteiger partial charge in [-0.2, -0.15) is 8.42 Å². The molecule has 0 fully saturated rings. The summed E-state index contributed by atoms with van der Waals surface area (Å²) in [5, 5.41) is 17.2. The standard InChI is InChI=1S/C12H20N4O7S/c1-8(7-22-24(5,20)21)15-6-9(16(18)19)10(14-15)13-11(17)23-12(2,3)4/h6,8H,7H2,1-5H3,(H,13,14,17). The highest BCUT2D eigenvalue weighted by Gasteiger charge is 2.25. The normalized spacial score (nSPS) is 13.4. The molecule has 1 aromatic rings. The van der Waals surface area contributed by atoms with E-state index in [1.165, 1.54) is 0 Å². The van der Waals surface area contributed by atoms with Crippen molar-refractivity contribution in [2.75, 3.05) is 18.2 Å². The summed E-state index contributed by atoms with van der Waals surface area (Å²) in [4.78, 5) is 22.1. The second-order valence-corrected chi connectivity index (χ2v) is 7.71. The van der Waals surface area contributed by atoms with Crippen molar-refractivity contribution in [3.05, 3.63) is 16.3 Å². The second-order valence-electron chi connectivity index (χ2n) is 6.06. The Bertz CT molecular complexity index is 720. The molecular weight excluding hydrogens is 344 g/mol. The molecule has 0 bridgehead atoms. The Morgan fingerprint density at radius 1 is 1.50 bits per heavy atom. The lowest BCUT2D eigenvalue weighted by Crippen LogP contribution is -2.27. The van der Waals surface area contributed by atoms with Crippen molar-refractivity contribution in [1.82, 2.24) is 9.78 Å². The van der Waals surface area contributed by atoms with E-state index in [1.807, 2.05) is 0 Å². The number of hydrogen-bond acceptors (Lipinski definition) is 8. The van der Waals surface area contributed by atoms with Crippen LogP contribution in [0.15, 0.2) is 6.20 Å². The molecule has 0 aliphatic rings. The van der Waals surface area contributed by atoms with E-state index in [2.05, 4.69) is 14.6 Å². The molecule has 0 aliphatic heterocycles. The number of amides is 1. The van der Waals surface area contributed by atoms with E-state index in [9.17, 15) is 23.3 Å². The van der Waals surface area contributed by atoms with Gasteiger partial charge in [-0.25, -0.2) is 4.79 Å². The van der Waals surface area contributed by atoms with E-state index in [-0.39, 0.29) is 12.4 Å². The fourth-order valence-electron chi connectivity index (χ4n) is 1.53. The lowest BCUT2D eigenvalue weighted by atomic mass is 10.2. The van der Waals surface area contributed by atoms with Gasteiger partial charge in [0.25, 0.3) is 10.1 Å². The summed E-state index contributed by atoms with van der Waals surface area (Å²) in [6.07, 6.45) is 1.07. The summed E-state index contributed by atoms with van der Waals surface area (Å²) >= 11 is 0. The molecule has 11 nitrogen and oxygen atoms in total. The maximum atomic E-state index is 11.7. The first-order valence-corrected chi connectivity index (χ1v) is 8.68. The first-order valence-electron chi connectivity index (χ1n) is 6.86. The number of carbonyl (C=O) groups excluding carboxylic acids is 1. The number of nitro groups is 1. The maximum absolute atomic E-state index is 11.7. The fourth-order valence-corrected chi connectivity index (χ4v) is 1.97. The lowest BCUT2D eigenvalue weighted by Gasteiger charge is -2.19. The Morgan fingerprint density at radius 3 is 2.54 bits per heavy atom. The molecule has 1 atom stereocenters. The Labute approximate surface area is 139 Å². The average molecular weight is 364 g/mol. The minimum atomic E-state index is -3.65. The Balaban J connectivity index is 2.95. The molecule has 0 spiro atoms. The minimum absolute atomic E-state index is 0.260. The number of rotatable bonds is 6. The number of nitrogens with one attached hydrogen (secondary N) is 1. The molecule has 1 aromatic heterocycles. The summed E-state index contributed by atoms with van der Waals surface area (Å²) in [6.45, 7) is 6.22. The first kappa shape index (κ1) is 19.8. The third-order valence-corrected chi connectivity index (χ3v) is 3.07. The first-order chi connectivity index (χ1) is 10.8. The van der Waals surface area contributed by atoms with Crippen molar-refractivity contribution < 1.29 is 27.1 Å². The average Bonchev–Trinajstić information content (AvgIpc) is 2.76. The second kappa shape index (κ2) is 7.13. The van der Waals surface area contributed by atoms with Gasteiger partial charge in [-0.15, -0.1) is 5.10 Å². The molecule has 12 heteroatoms. The van der Waals surface area contributed by atoms with Gasteiger partial charge in [0.05, 0.1) is 23.8 Å². The topological polar surface area (TPSA) is 143 Å². The van der Waals surface area contributed by atoms with Crippen molar-refractivity contribution >= 4 is 27.7 Å². The van der Waals surface area contributed by atoms with Crippen LogP contribution in [0.1, 0.15) is 33.7 Å². The summed E-state index contributed by atoms with van der Waals surface area (Å²) in [5.41, 5.74) is -1.23. The van der Waals surface area contributed by atoms with Crippen molar-refractivity contribution in [3.8, 4) is 0 Å². The Morgan fingerprint density at radius 2 is 2.08 bits per heavy atom. The van der Waals surface area contributed by atoms with E-state index in [0.29, 0.717) is 0 Å². The molecule has 1 N–H and O–H groups in total. The van der Waals surface area contributed by atoms with Crippen molar-refractivity contribution in [1.29, 1.82) is 0 Å². The van der Waals surface area contributed by atoms with Crippen LogP contribution < -0.4 is 5.32 Å². The predicted octanol–water partition coefficient (Wildman–Crippen LogP) is 1.68. The predicted molar refractivity (Wildman–Crippen MR) is 84.2 cm³/mol. The maximum Gasteiger partial charge on any atom is 0.413 e. The molecule has 136 valence electrons. The van der Waals surface area contributed by atoms with Crippen LogP contribution in [-0.4, -0.2) is 47.7 Å². The molecular formula is C12H20N4O7S. The molecule has 1 unspecified atom stereocenters. The largest absolute Gasteiger partial charge is 0.444 e. The minimum Gasteiger partial charge on any atom is -0.444 e. The zero-order valence-electron chi connectivity index (χ0n) is 14.0. The van der Waals surface area contributed by atoms with Gasteiger partial charge in [0.2, 0.25) is 5.82 Å². The molecule has 0 saturated heterocycles. The van der Waals surface area contributed by atoms with E-state index < -0.39 is 38.5 Å². The number of aromatic nitrogens is 2. The van der Waals surface area contributed by atoms with Crippen LogP contribution in [0.3, 0.4) is 0 Å². The highest BCUT2D eigenvalue weighted by Crippen LogP contribution is 2.25. The van der Waals surface area contributed by atoms with Gasteiger partial charge in [0.1, 0.15) is 11.8 Å². The summed E-state index contributed by atoms with van der Waals surface area (Å²) in [6, 6.07) is -0.618. The molecule has 0 saturated carbocycles. The smallest absolute Gasteiger partial charge is 0.413 e. The van der Waals surface area contributed by atoms with Crippen LogP contribution in [0.4, 0.5) is 16.3 Å². The summed E-state index contributed by atoms with van der Waals surface area (Å²) in [7, 11) is -3.65. The van der Waals surface area contributed by atoms with Crippen LogP contribution >= 0.6 is 0 Å². The van der Waals surface area contributed by atoms with E-state index in [4.69, 9.17) is 4.74 Å². The SMILES string of the molecule is CC(COS(C)(=O)=O)n1cc([N+](=O)[O-])c(NC(=O)OC(C)(C)C)n1. The van der Waals surface area contributed by atoms with Crippen LogP contribution in [0.2, 0.25) is 0 Å². The fraction of sp³-hybridized carbons (Fsp3) is 0.667. The van der Waals surface area contributed by atoms with Gasteiger partial charge in [0, 0.05) is 0 Å². The number of hydrogen-bond donors (Lipinski definition) is 1. The monoisotopic (exact) mass is 364 g/mol. The highest BCUT2D eigenvalue weighted by atomic mass is 32.2. The summed E-state index contributed by atoms with van der Waals surface area (Å²) < 4.78 is 32.8. The van der Waals surface area contributed by atoms with Crippen LogP contribution in [0.5, 0.6) is 0 Å². The van der Waals surface area contributed by atoms with Crippen LogP contribution in [-0.2, 0) is 19.0 Å². The number of anilines is 1. The molecule has 0 aliphatic carbocycles.